The molecule has 4 rings (SSSR count). The minimum absolute atomic E-state index is 0.312. The lowest BCUT2D eigenvalue weighted by atomic mass is 10.1. The van der Waals surface area contributed by atoms with Crippen LogP contribution < -0.4 is 20.1 Å². The van der Waals surface area contributed by atoms with Crippen molar-refractivity contribution in [3.8, 4) is 11.5 Å². The van der Waals surface area contributed by atoms with E-state index in [1.54, 1.807) is 31.5 Å². The van der Waals surface area contributed by atoms with E-state index >= 15 is 0 Å². The Morgan fingerprint density at radius 1 is 0.871 bits per heavy atom. The third-order valence-corrected chi connectivity index (χ3v) is 5.04. The molecule has 0 atom stereocenters. The zero-order valence-electron chi connectivity index (χ0n) is 17.0. The van der Waals surface area contributed by atoms with Crippen molar-refractivity contribution in [2.45, 2.75) is 0 Å². The monoisotopic (exact) mass is 433 g/mol. The molecule has 1 aromatic heterocycles. The minimum atomic E-state index is -0.312. The largest absolute Gasteiger partial charge is 0.495 e. The fourth-order valence-corrected chi connectivity index (χ4v) is 3.49. The average Bonchev–Trinajstić information content (AvgIpc) is 2.79. The number of hydrogen-bond donors (Lipinski definition) is 2. The Kier molecular flexibility index (Phi) is 5.91. The molecule has 6 nitrogen and oxygen atoms in total. The van der Waals surface area contributed by atoms with Gasteiger partial charge in [0.05, 0.1) is 31.2 Å². The zero-order chi connectivity index (χ0) is 21.8. The zero-order valence-corrected chi connectivity index (χ0v) is 17.7. The molecule has 0 aliphatic rings. The summed E-state index contributed by atoms with van der Waals surface area (Å²) in [6.45, 7) is 0. The second-order valence-electron chi connectivity index (χ2n) is 6.69. The Morgan fingerprint density at radius 2 is 1.55 bits per heavy atom. The van der Waals surface area contributed by atoms with Gasteiger partial charge >= 0.3 is 0 Å². The molecular formula is C24H20ClN3O3. The maximum atomic E-state index is 13.1. The molecule has 0 bridgehead atoms. The number of nitrogens with zero attached hydrogens (tertiary/aromatic N) is 1. The summed E-state index contributed by atoms with van der Waals surface area (Å²) in [6, 6.07) is 20.2. The van der Waals surface area contributed by atoms with Gasteiger partial charge in [-0.2, -0.15) is 0 Å². The normalized spacial score (nSPS) is 10.5. The van der Waals surface area contributed by atoms with Crippen LogP contribution in [0.5, 0.6) is 11.5 Å². The second-order valence-corrected chi connectivity index (χ2v) is 7.13. The predicted molar refractivity (Wildman–Crippen MR) is 124 cm³/mol. The first-order valence-corrected chi connectivity index (χ1v) is 9.91. The molecule has 0 saturated carbocycles. The Balaban J connectivity index is 1.71. The van der Waals surface area contributed by atoms with Crippen molar-refractivity contribution >= 4 is 45.5 Å². The Bertz CT molecular complexity index is 1260. The van der Waals surface area contributed by atoms with Crippen molar-refractivity contribution in [2.24, 2.45) is 0 Å². The molecule has 0 spiro atoms. The second kappa shape index (κ2) is 8.93. The summed E-state index contributed by atoms with van der Waals surface area (Å²) >= 11 is 6.08. The van der Waals surface area contributed by atoms with Crippen LogP contribution >= 0.6 is 11.6 Å². The molecule has 4 aromatic rings. The van der Waals surface area contributed by atoms with Gasteiger partial charge in [0, 0.05) is 16.6 Å². The molecule has 0 aliphatic carbocycles. The summed E-state index contributed by atoms with van der Waals surface area (Å²) in [5.41, 5.74) is 1.70. The molecular weight excluding hydrogens is 414 g/mol. The topological polar surface area (TPSA) is 72.5 Å². The summed E-state index contributed by atoms with van der Waals surface area (Å²) in [4.78, 5) is 17.6. The number of halogens is 1. The first kappa shape index (κ1) is 20.5. The van der Waals surface area contributed by atoms with Gasteiger partial charge in [0.25, 0.3) is 5.91 Å². The fourth-order valence-electron chi connectivity index (χ4n) is 3.32. The van der Waals surface area contributed by atoms with Crippen LogP contribution in [0.1, 0.15) is 10.4 Å². The molecule has 3 aromatic carbocycles. The summed E-state index contributed by atoms with van der Waals surface area (Å²) in [5.74, 6) is 1.53. The molecule has 0 saturated heterocycles. The summed E-state index contributed by atoms with van der Waals surface area (Å²) in [6.07, 6.45) is 1.55. The number of benzene rings is 3. The average molecular weight is 434 g/mol. The van der Waals surface area contributed by atoms with Crippen molar-refractivity contribution in [3.63, 3.8) is 0 Å². The highest BCUT2D eigenvalue weighted by Gasteiger charge is 2.16. The van der Waals surface area contributed by atoms with Crippen molar-refractivity contribution in [2.75, 3.05) is 24.9 Å². The van der Waals surface area contributed by atoms with E-state index in [4.69, 9.17) is 21.1 Å². The highest BCUT2D eigenvalue weighted by atomic mass is 35.5. The maximum absolute atomic E-state index is 13.1. The number of pyridine rings is 1. The number of anilines is 3. The molecule has 1 amide bonds. The first-order chi connectivity index (χ1) is 15.1. The van der Waals surface area contributed by atoms with E-state index in [1.165, 1.54) is 7.11 Å². The highest BCUT2D eigenvalue weighted by molar-refractivity contribution is 6.31. The molecule has 0 unspecified atom stereocenters. The van der Waals surface area contributed by atoms with Crippen LogP contribution in [-0.2, 0) is 0 Å². The van der Waals surface area contributed by atoms with E-state index in [1.807, 2.05) is 48.5 Å². The number of fused-ring (bicyclic) bond motifs is 1. The number of methoxy groups -OCH3 is 2. The van der Waals surface area contributed by atoms with E-state index in [0.29, 0.717) is 33.6 Å². The molecule has 31 heavy (non-hydrogen) atoms. The van der Waals surface area contributed by atoms with Crippen molar-refractivity contribution < 1.29 is 14.3 Å². The Hall–Kier alpha value is -3.77. The standard InChI is InChI=1S/C24H20ClN3O3/c1-30-21-10-6-5-9-19(21)27-23-17-8-4-3-7-16(17)18(14-26-23)24(29)28-20-13-15(25)11-12-22(20)31-2/h3-14H,1-2H3,(H,26,27)(H,28,29). The molecule has 2 N–H and O–H groups in total. The minimum Gasteiger partial charge on any atom is -0.495 e. The van der Waals surface area contributed by atoms with Crippen LogP contribution in [0.4, 0.5) is 17.2 Å². The lowest BCUT2D eigenvalue weighted by Gasteiger charge is -2.15. The van der Waals surface area contributed by atoms with E-state index in [-0.39, 0.29) is 5.91 Å². The molecule has 156 valence electrons. The summed E-state index contributed by atoms with van der Waals surface area (Å²) in [5, 5.41) is 8.23. The van der Waals surface area contributed by atoms with Gasteiger partial charge in [-0.15, -0.1) is 0 Å². The Morgan fingerprint density at radius 3 is 2.32 bits per heavy atom. The number of hydrogen-bond acceptors (Lipinski definition) is 5. The van der Waals surface area contributed by atoms with Crippen LogP contribution in [0, 0.1) is 0 Å². The van der Waals surface area contributed by atoms with Crippen molar-refractivity contribution in [1.82, 2.24) is 4.98 Å². The number of nitrogens with one attached hydrogen (secondary N) is 2. The van der Waals surface area contributed by atoms with E-state index < -0.39 is 0 Å². The predicted octanol–water partition coefficient (Wildman–Crippen LogP) is 5.90. The third-order valence-electron chi connectivity index (χ3n) is 4.81. The van der Waals surface area contributed by atoms with Gasteiger partial charge in [0.1, 0.15) is 17.3 Å². The molecule has 1 heterocycles. The maximum Gasteiger partial charge on any atom is 0.257 e. The highest BCUT2D eigenvalue weighted by Crippen LogP contribution is 2.32. The lowest BCUT2D eigenvalue weighted by molar-refractivity contribution is 0.102. The molecule has 0 aliphatic heterocycles. The van der Waals surface area contributed by atoms with Gasteiger partial charge in [0.2, 0.25) is 0 Å². The van der Waals surface area contributed by atoms with Gasteiger partial charge < -0.3 is 20.1 Å². The van der Waals surface area contributed by atoms with E-state index in [9.17, 15) is 4.79 Å². The number of para-hydroxylation sites is 2. The summed E-state index contributed by atoms with van der Waals surface area (Å²) in [7, 11) is 3.15. The number of ether oxygens (including phenoxy) is 2. The number of rotatable bonds is 6. The third kappa shape index (κ3) is 4.25. The number of aromatic nitrogens is 1. The number of carbonyl (C=O) groups is 1. The van der Waals surface area contributed by atoms with Gasteiger partial charge in [-0.1, -0.05) is 48.0 Å². The lowest BCUT2D eigenvalue weighted by Crippen LogP contribution is -2.14. The van der Waals surface area contributed by atoms with Crippen LogP contribution in [0.15, 0.2) is 72.9 Å². The quantitative estimate of drug-likeness (QED) is 0.396. The molecule has 0 fully saturated rings. The van der Waals surface area contributed by atoms with Crippen molar-refractivity contribution in [3.05, 3.63) is 83.5 Å². The molecule has 0 radical (unpaired) electrons. The number of amides is 1. The first-order valence-electron chi connectivity index (χ1n) is 9.53. The van der Waals surface area contributed by atoms with Crippen molar-refractivity contribution in [1.29, 1.82) is 0 Å². The van der Waals surface area contributed by atoms with Crippen LogP contribution in [0.3, 0.4) is 0 Å². The SMILES string of the molecule is COc1ccc(Cl)cc1NC(=O)c1cnc(Nc2ccccc2OC)c2ccccc12. The van der Waals surface area contributed by atoms with Crippen LogP contribution in [-0.4, -0.2) is 25.1 Å². The summed E-state index contributed by atoms with van der Waals surface area (Å²) < 4.78 is 10.7. The van der Waals surface area contributed by atoms with Crippen LogP contribution in [0.2, 0.25) is 5.02 Å². The van der Waals surface area contributed by atoms with E-state index in [0.717, 1.165) is 16.5 Å². The van der Waals surface area contributed by atoms with Crippen LogP contribution in [0.25, 0.3) is 10.8 Å². The van der Waals surface area contributed by atoms with Gasteiger partial charge in [0.15, 0.2) is 0 Å². The Labute approximate surface area is 184 Å². The molecule has 7 heteroatoms. The van der Waals surface area contributed by atoms with Gasteiger partial charge in [-0.3, -0.25) is 4.79 Å². The number of carbonyl (C=O) groups excluding carboxylic acids is 1. The van der Waals surface area contributed by atoms with Gasteiger partial charge in [-0.05, 0) is 35.7 Å². The fraction of sp³-hybridized carbons (Fsp3) is 0.0833. The van der Waals surface area contributed by atoms with Gasteiger partial charge in [-0.25, -0.2) is 4.98 Å². The van der Waals surface area contributed by atoms with E-state index in [2.05, 4.69) is 15.6 Å². The smallest absolute Gasteiger partial charge is 0.257 e.